The van der Waals surface area contributed by atoms with Crippen LogP contribution in [0.3, 0.4) is 0 Å². The van der Waals surface area contributed by atoms with Gasteiger partial charge in [-0.1, -0.05) is 6.92 Å². The molecule has 0 spiro atoms. The van der Waals surface area contributed by atoms with E-state index in [1.165, 1.54) is 0 Å². The first kappa shape index (κ1) is 14.6. The van der Waals surface area contributed by atoms with Gasteiger partial charge in [0.15, 0.2) is 0 Å². The highest BCUT2D eigenvalue weighted by Gasteiger charge is 2.24. The number of furan rings is 1. The predicted molar refractivity (Wildman–Crippen MR) is 72.7 cm³/mol. The van der Waals surface area contributed by atoms with E-state index >= 15 is 0 Å². The van der Waals surface area contributed by atoms with E-state index in [0.29, 0.717) is 31.6 Å². The van der Waals surface area contributed by atoms with Crippen molar-refractivity contribution in [2.45, 2.75) is 19.8 Å². The Labute approximate surface area is 118 Å². The molecular formula is C14H20N2O4. The molecule has 6 nitrogen and oxygen atoms in total. The van der Waals surface area contributed by atoms with Gasteiger partial charge in [-0.05, 0) is 6.07 Å². The van der Waals surface area contributed by atoms with Crippen LogP contribution >= 0.6 is 0 Å². The normalized spacial score (nSPS) is 16.4. The number of aryl methyl sites for hydroxylation is 1. The quantitative estimate of drug-likeness (QED) is 0.873. The summed E-state index contributed by atoms with van der Waals surface area (Å²) in [5.74, 6) is -0.0497. The van der Waals surface area contributed by atoms with Crippen molar-refractivity contribution < 1.29 is 19.1 Å². The number of hydrogen-bond donors (Lipinski definition) is 1. The highest BCUT2D eigenvalue weighted by atomic mass is 16.4. The number of hydrogen-bond acceptors (Lipinski definition) is 4. The van der Waals surface area contributed by atoms with Gasteiger partial charge in [0, 0.05) is 39.1 Å². The van der Waals surface area contributed by atoms with Crippen LogP contribution in [-0.4, -0.2) is 59.5 Å². The Balaban J connectivity index is 1.87. The highest BCUT2D eigenvalue weighted by Crippen LogP contribution is 2.15. The third kappa shape index (κ3) is 3.39. The molecule has 1 aliphatic heterocycles. The zero-order chi connectivity index (χ0) is 14.5. The number of amides is 1. The van der Waals surface area contributed by atoms with E-state index in [2.05, 4.69) is 4.90 Å². The van der Waals surface area contributed by atoms with E-state index in [-0.39, 0.29) is 12.3 Å². The summed E-state index contributed by atoms with van der Waals surface area (Å²) in [6.45, 7) is 5.21. The number of carbonyl (C=O) groups excluding carboxylic acids is 1. The number of piperazine rings is 1. The van der Waals surface area contributed by atoms with Crippen LogP contribution in [-0.2, 0) is 11.2 Å². The lowest BCUT2D eigenvalue weighted by Crippen LogP contribution is -2.49. The third-order valence-electron chi connectivity index (χ3n) is 3.60. The van der Waals surface area contributed by atoms with Gasteiger partial charge in [-0.15, -0.1) is 0 Å². The SMILES string of the molecule is CCc1occc1C(=O)N1CCN(CCC(=O)O)CC1. The summed E-state index contributed by atoms with van der Waals surface area (Å²) in [6.07, 6.45) is 2.40. The first-order chi connectivity index (χ1) is 9.61. The van der Waals surface area contributed by atoms with Gasteiger partial charge in [-0.25, -0.2) is 0 Å². The standard InChI is InChI=1S/C14H20N2O4/c1-2-12-11(4-10-20-12)14(19)16-8-6-15(7-9-16)5-3-13(17)18/h4,10H,2-3,5-9H2,1H3,(H,17,18). The zero-order valence-corrected chi connectivity index (χ0v) is 11.7. The van der Waals surface area contributed by atoms with Crippen LogP contribution < -0.4 is 0 Å². The van der Waals surface area contributed by atoms with E-state index in [9.17, 15) is 9.59 Å². The molecule has 1 fully saturated rings. The minimum atomic E-state index is -0.783. The average Bonchev–Trinajstić information content (AvgIpc) is 2.93. The number of rotatable bonds is 5. The van der Waals surface area contributed by atoms with Crippen molar-refractivity contribution in [2.75, 3.05) is 32.7 Å². The summed E-state index contributed by atoms with van der Waals surface area (Å²) < 4.78 is 5.29. The predicted octanol–water partition coefficient (Wildman–Crippen LogP) is 1.07. The summed E-state index contributed by atoms with van der Waals surface area (Å²) in [7, 11) is 0. The van der Waals surface area contributed by atoms with E-state index in [4.69, 9.17) is 9.52 Å². The number of carboxylic acid groups (broad SMARTS) is 1. The molecular weight excluding hydrogens is 260 g/mol. The average molecular weight is 280 g/mol. The largest absolute Gasteiger partial charge is 0.481 e. The summed E-state index contributed by atoms with van der Waals surface area (Å²) >= 11 is 0. The topological polar surface area (TPSA) is 74.0 Å². The molecule has 2 heterocycles. The summed E-state index contributed by atoms with van der Waals surface area (Å²) in [5, 5.41) is 8.67. The molecule has 1 aromatic heterocycles. The second-order valence-corrected chi connectivity index (χ2v) is 4.89. The molecule has 1 N–H and O–H groups in total. The van der Waals surface area contributed by atoms with Crippen LogP contribution in [0.1, 0.15) is 29.5 Å². The van der Waals surface area contributed by atoms with Crippen LogP contribution in [0.15, 0.2) is 16.7 Å². The molecule has 0 aliphatic carbocycles. The van der Waals surface area contributed by atoms with E-state index < -0.39 is 5.97 Å². The maximum Gasteiger partial charge on any atom is 0.304 e. The molecule has 0 atom stereocenters. The van der Waals surface area contributed by atoms with Gasteiger partial charge in [-0.3, -0.25) is 14.5 Å². The Morgan fingerprint density at radius 3 is 2.60 bits per heavy atom. The molecule has 1 aromatic rings. The third-order valence-corrected chi connectivity index (χ3v) is 3.60. The van der Waals surface area contributed by atoms with Gasteiger partial charge in [0.25, 0.3) is 5.91 Å². The smallest absolute Gasteiger partial charge is 0.304 e. The van der Waals surface area contributed by atoms with E-state index in [1.807, 2.05) is 6.92 Å². The van der Waals surface area contributed by atoms with Crippen molar-refractivity contribution in [3.05, 3.63) is 23.7 Å². The number of nitrogens with zero attached hydrogens (tertiary/aromatic N) is 2. The Morgan fingerprint density at radius 2 is 2.00 bits per heavy atom. The van der Waals surface area contributed by atoms with Crippen LogP contribution in [0, 0.1) is 0 Å². The van der Waals surface area contributed by atoms with Crippen molar-refractivity contribution in [3.63, 3.8) is 0 Å². The second-order valence-electron chi connectivity index (χ2n) is 4.89. The molecule has 0 aromatic carbocycles. The number of carboxylic acids is 1. The fraction of sp³-hybridized carbons (Fsp3) is 0.571. The van der Waals surface area contributed by atoms with Crippen LogP contribution in [0.25, 0.3) is 0 Å². The molecule has 2 rings (SSSR count). The molecule has 0 unspecified atom stereocenters. The van der Waals surface area contributed by atoms with Gasteiger partial charge in [0.2, 0.25) is 0 Å². The Kier molecular flexibility index (Phi) is 4.79. The summed E-state index contributed by atoms with van der Waals surface area (Å²) in [4.78, 5) is 26.8. The minimum Gasteiger partial charge on any atom is -0.481 e. The number of carbonyl (C=O) groups is 2. The Bertz CT molecular complexity index is 475. The van der Waals surface area contributed by atoms with Crippen LogP contribution in [0.2, 0.25) is 0 Å². The minimum absolute atomic E-state index is 0.00786. The second kappa shape index (κ2) is 6.56. The van der Waals surface area contributed by atoms with E-state index in [1.54, 1.807) is 17.2 Å². The monoisotopic (exact) mass is 280 g/mol. The molecule has 20 heavy (non-hydrogen) atoms. The Morgan fingerprint density at radius 1 is 1.30 bits per heavy atom. The lowest BCUT2D eigenvalue weighted by atomic mass is 10.1. The van der Waals surface area contributed by atoms with Crippen molar-refractivity contribution in [1.82, 2.24) is 9.80 Å². The molecule has 0 bridgehead atoms. The lowest BCUT2D eigenvalue weighted by molar-refractivity contribution is -0.137. The van der Waals surface area contributed by atoms with Crippen LogP contribution in [0.5, 0.6) is 0 Å². The fourth-order valence-corrected chi connectivity index (χ4v) is 2.40. The Hall–Kier alpha value is -1.82. The molecule has 6 heteroatoms. The maximum absolute atomic E-state index is 12.4. The first-order valence-electron chi connectivity index (χ1n) is 6.91. The molecule has 0 saturated carbocycles. The molecule has 1 amide bonds. The molecule has 1 aliphatic rings. The zero-order valence-electron chi connectivity index (χ0n) is 11.7. The van der Waals surface area contributed by atoms with E-state index in [0.717, 1.165) is 18.8 Å². The molecule has 0 radical (unpaired) electrons. The van der Waals surface area contributed by atoms with Crippen molar-refractivity contribution in [2.24, 2.45) is 0 Å². The maximum atomic E-state index is 12.4. The van der Waals surface area contributed by atoms with Crippen molar-refractivity contribution >= 4 is 11.9 Å². The van der Waals surface area contributed by atoms with Gasteiger partial charge in [-0.2, -0.15) is 0 Å². The van der Waals surface area contributed by atoms with Gasteiger partial charge in [0.05, 0.1) is 18.2 Å². The van der Waals surface area contributed by atoms with Crippen LogP contribution in [0.4, 0.5) is 0 Å². The van der Waals surface area contributed by atoms with Crippen molar-refractivity contribution in [3.8, 4) is 0 Å². The van der Waals surface area contributed by atoms with Gasteiger partial charge < -0.3 is 14.4 Å². The first-order valence-corrected chi connectivity index (χ1v) is 6.91. The lowest BCUT2D eigenvalue weighted by Gasteiger charge is -2.34. The van der Waals surface area contributed by atoms with Crippen molar-refractivity contribution in [1.29, 1.82) is 0 Å². The summed E-state index contributed by atoms with van der Waals surface area (Å²) in [6, 6.07) is 1.72. The molecule has 1 saturated heterocycles. The molecule has 110 valence electrons. The number of aliphatic carboxylic acids is 1. The van der Waals surface area contributed by atoms with Gasteiger partial charge in [0.1, 0.15) is 5.76 Å². The highest BCUT2D eigenvalue weighted by molar-refractivity contribution is 5.95. The fourth-order valence-electron chi connectivity index (χ4n) is 2.40. The summed E-state index contributed by atoms with van der Waals surface area (Å²) in [5.41, 5.74) is 0.645. The van der Waals surface area contributed by atoms with Gasteiger partial charge >= 0.3 is 5.97 Å².